The molecule has 1 N–H and O–H groups in total. The molecule has 0 radical (unpaired) electrons. The van der Waals surface area contributed by atoms with Crippen LogP contribution in [0.1, 0.15) is 11.1 Å². The van der Waals surface area contributed by atoms with Gasteiger partial charge in [0.2, 0.25) is 0 Å². The Hall–Kier alpha value is -1.35. The Labute approximate surface area is 90.4 Å². The summed E-state index contributed by atoms with van der Waals surface area (Å²) in [6.07, 6.45) is 0.774. The molecule has 0 aliphatic heterocycles. The third-order valence-corrected chi connectivity index (χ3v) is 2.10. The fourth-order valence-corrected chi connectivity index (χ4v) is 1.23. The molecule has 0 saturated carbocycles. The molecule has 0 atom stereocenters. The highest BCUT2D eigenvalue weighted by Gasteiger charge is 2.00. The lowest BCUT2D eigenvalue weighted by Crippen LogP contribution is -2.21. The van der Waals surface area contributed by atoms with E-state index in [1.165, 1.54) is 11.1 Å². The van der Waals surface area contributed by atoms with Crippen LogP contribution >= 0.6 is 0 Å². The molecular formula is C12H17NO2. The lowest BCUT2D eigenvalue weighted by atomic mass is 10.1. The fraction of sp³-hybridized carbons (Fsp3) is 0.417. The second kappa shape index (κ2) is 6.19. The van der Waals surface area contributed by atoms with Crippen LogP contribution in [0.3, 0.4) is 0 Å². The quantitative estimate of drug-likeness (QED) is 0.740. The summed E-state index contributed by atoms with van der Waals surface area (Å²) in [6.45, 7) is 2.77. The second-order valence-electron chi connectivity index (χ2n) is 3.49. The summed E-state index contributed by atoms with van der Waals surface area (Å²) in [5.74, 6) is -0.204. The normalized spacial score (nSPS) is 10.0. The van der Waals surface area contributed by atoms with Crippen LogP contribution in [0.15, 0.2) is 24.3 Å². The molecule has 0 aromatic heterocycles. The van der Waals surface area contributed by atoms with Gasteiger partial charge in [-0.15, -0.1) is 0 Å². The maximum atomic E-state index is 11.0. The van der Waals surface area contributed by atoms with E-state index in [2.05, 4.69) is 36.5 Å². The Balaban J connectivity index is 2.26. The molecule has 1 rings (SSSR count). The zero-order valence-electron chi connectivity index (χ0n) is 9.25. The van der Waals surface area contributed by atoms with Crippen LogP contribution in [0, 0.1) is 6.92 Å². The molecule has 1 aromatic rings. The highest BCUT2D eigenvalue weighted by atomic mass is 16.5. The Bertz CT molecular complexity index is 306. The summed E-state index contributed by atoms with van der Waals surface area (Å²) in [5, 5.41) is 2.75. The van der Waals surface area contributed by atoms with Gasteiger partial charge in [-0.2, -0.15) is 0 Å². The van der Waals surface area contributed by atoms with Gasteiger partial charge >= 0.3 is 5.97 Å². The summed E-state index contributed by atoms with van der Waals surface area (Å²) >= 11 is 0. The minimum atomic E-state index is -0.204. The van der Waals surface area contributed by atoms with Crippen molar-refractivity contribution in [2.75, 3.05) is 20.2 Å². The van der Waals surface area contributed by atoms with Gasteiger partial charge in [-0.3, -0.25) is 4.79 Å². The van der Waals surface area contributed by atoms with Crippen LogP contribution in [0.25, 0.3) is 0 Å². The number of benzene rings is 1. The van der Waals surface area contributed by atoms with Gasteiger partial charge in [0.25, 0.3) is 0 Å². The first-order chi connectivity index (χ1) is 7.22. The van der Waals surface area contributed by atoms with Crippen molar-refractivity contribution >= 4 is 5.97 Å². The molecule has 0 spiro atoms. The summed E-state index contributed by atoms with van der Waals surface area (Å²) in [5.41, 5.74) is 2.43. The summed E-state index contributed by atoms with van der Waals surface area (Å²) in [6, 6.07) is 8.23. The van der Waals surface area contributed by atoms with E-state index < -0.39 is 0 Å². The number of nitrogens with one attached hydrogen (secondary N) is 1. The Morgan fingerprint density at radius 3 is 2.60 bits per heavy atom. The van der Waals surface area contributed by atoms with Gasteiger partial charge < -0.3 is 10.1 Å². The van der Waals surface area contributed by atoms with E-state index in [4.69, 9.17) is 4.74 Å². The predicted octanol–water partition coefficient (Wildman–Crippen LogP) is 1.30. The third kappa shape index (κ3) is 4.61. The van der Waals surface area contributed by atoms with Crippen molar-refractivity contribution in [2.24, 2.45) is 0 Å². The van der Waals surface area contributed by atoms with Gasteiger partial charge in [-0.05, 0) is 19.5 Å². The van der Waals surface area contributed by atoms with Crippen LogP contribution in [-0.2, 0) is 16.0 Å². The zero-order valence-corrected chi connectivity index (χ0v) is 9.25. The number of carbonyl (C=O) groups excluding carboxylic acids is 1. The van der Waals surface area contributed by atoms with Gasteiger partial charge in [-0.25, -0.2) is 0 Å². The molecule has 0 aliphatic rings. The molecular weight excluding hydrogens is 190 g/mol. The molecule has 15 heavy (non-hydrogen) atoms. The highest BCUT2D eigenvalue weighted by molar-refractivity contribution is 5.71. The molecule has 0 aliphatic carbocycles. The lowest BCUT2D eigenvalue weighted by Gasteiger charge is -2.04. The van der Waals surface area contributed by atoms with Crippen LogP contribution in [0.4, 0.5) is 0 Å². The number of ether oxygens (including phenoxy) is 1. The predicted molar refractivity (Wildman–Crippen MR) is 59.8 cm³/mol. The minimum Gasteiger partial charge on any atom is -0.464 e. The fourth-order valence-electron chi connectivity index (χ4n) is 1.23. The van der Waals surface area contributed by atoms with Crippen LogP contribution in [-0.4, -0.2) is 26.2 Å². The van der Waals surface area contributed by atoms with E-state index >= 15 is 0 Å². The van der Waals surface area contributed by atoms with E-state index in [-0.39, 0.29) is 12.5 Å². The number of rotatable bonds is 5. The largest absolute Gasteiger partial charge is 0.464 e. The Morgan fingerprint density at radius 1 is 1.33 bits per heavy atom. The van der Waals surface area contributed by atoms with Gasteiger partial charge in [0, 0.05) is 6.42 Å². The van der Waals surface area contributed by atoms with Crippen molar-refractivity contribution in [3.05, 3.63) is 35.4 Å². The molecule has 3 nitrogen and oxygen atoms in total. The van der Waals surface area contributed by atoms with Gasteiger partial charge in [0.15, 0.2) is 0 Å². The summed E-state index contributed by atoms with van der Waals surface area (Å²) < 4.78 is 5.02. The first-order valence-corrected chi connectivity index (χ1v) is 5.08. The van der Waals surface area contributed by atoms with Crippen molar-refractivity contribution in [3.8, 4) is 0 Å². The van der Waals surface area contributed by atoms with Crippen LogP contribution in [0.5, 0.6) is 0 Å². The van der Waals surface area contributed by atoms with Gasteiger partial charge in [0.05, 0.1) is 13.2 Å². The van der Waals surface area contributed by atoms with Crippen molar-refractivity contribution < 1.29 is 9.53 Å². The first kappa shape index (κ1) is 11.7. The number of carbonyl (C=O) groups is 1. The van der Waals surface area contributed by atoms with Crippen molar-refractivity contribution in [2.45, 2.75) is 13.3 Å². The van der Waals surface area contributed by atoms with Crippen molar-refractivity contribution in [3.63, 3.8) is 0 Å². The van der Waals surface area contributed by atoms with E-state index in [1.54, 1.807) is 7.05 Å². The Kier molecular flexibility index (Phi) is 4.84. The maximum absolute atomic E-state index is 11.0. The van der Waals surface area contributed by atoms with E-state index in [1.807, 2.05) is 0 Å². The zero-order chi connectivity index (χ0) is 11.1. The first-order valence-electron chi connectivity index (χ1n) is 5.08. The SMILES string of the molecule is CNCC(=O)OCCc1ccc(C)cc1. The number of likely N-dealkylation sites (N-methyl/N-ethyl adjacent to an activating group) is 1. The van der Waals surface area contributed by atoms with Crippen molar-refractivity contribution in [1.82, 2.24) is 5.32 Å². The molecule has 0 amide bonds. The third-order valence-electron chi connectivity index (χ3n) is 2.10. The van der Waals surface area contributed by atoms with Gasteiger partial charge in [-0.1, -0.05) is 29.8 Å². The number of hydrogen-bond donors (Lipinski definition) is 1. The smallest absolute Gasteiger partial charge is 0.319 e. The molecule has 3 heteroatoms. The Morgan fingerprint density at radius 2 is 2.00 bits per heavy atom. The molecule has 1 aromatic carbocycles. The number of esters is 1. The average molecular weight is 207 g/mol. The van der Waals surface area contributed by atoms with E-state index in [0.29, 0.717) is 6.61 Å². The monoisotopic (exact) mass is 207 g/mol. The molecule has 82 valence electrons. The van der Waals surface area contributed by atoms with E-state index in [0.717, 1.165) is 6.42 Å². The van der Waals surface area contributed by atoms with E-state index in [9.17, 15) is 4.79 Å². The highest BCUT2D eigenvalue weighted by Crippen LogP contribution is 2.03. The number of aryl methyl sites for hydroxylation is 1. The van der Waals surface area contributed by atoms with Crippen molar-refractivity contribution in [1.29, 1.82) is 0 Å². The van der Waals surface area contributed by atoms with Crippen LogP contribution < -0.4 is 5.32 Å². The maximum Gasteiger partial charge on any atom is 0.319 e. The lowest BCUT2D eigenvalue weighted by molar-refractivity contribution is -0.142. The van der Waals surface area contributed by atoms with Crippen LogP contribution in [0.2, 0.25) is 0 Å². The average Bonchev–Trinajstić information content (AvgIpc) is 2.21. The molecule has 0 fully saturated rings. The summed E-state index contributed by atoms with van der Waals surface area (Å²) in [7, 11) is 1.72. The standard InChI is InChI=1S/C12H17NO2/c1-10-3-5-11(6-4-10)7-8-15-12(14)9-13-2/h3-6,13H,7-9H2,1-2H3. The summed E-state index contributed by atoms with van der Waals surface area (Å²) in [4.78, 5) is 11.0. The molecule has 0 bridgehead atoms. The van der Waals surface area contributed by atoms with Gasteiger partial charge in [0.1, 0.15) is 0 Å². The topological polar surface area (TPSA) is 38.3 Å². The molecule has 0 unspecified atom stereocenters. The molecule has 0 heterocycles. The molecule has 0 saturated heterocycles. The number of hydrogen-bond acceptors (Lipinski definition) is 3. The minimum absolute atomic E-state index is 0.204. The second-order valence-corrected chi connectivity index (χ2v) is 3.49.